The van der Waals surface area contributed by atoms with Crippen LogP contribution in [0.3, 0.4) is 0 Å². The Bertz CT molecular complexity index is 163. The van der Waals surface area contributed by atoms with E-state index in [-0.39, 0.29) is 57.9 Å². The van der Waals surface area contributed by atoms with Gasteiger partial charge < -0.3 is 0 Å². The topological polar surface area (TPSA) is 0 Å². The minimum Gasteiger partial charge on any atom is -0.117 e. The summed E-state index contributed by atoms with van der Waals surface area (Å²) in [6.45, 7) is 0. The van der Waals surface area contributed by atoms with Crippen LogP contribution in [0.5, 0.6) is 0 Å². The quantitative estimate of drug-likeness (QED) is 0.599. The molecule has 1 radical (unpaired) electrons. The van der Waals surface area contributed by atoms with Gasteiger partial charge in [-0.2, -0.15) is 0 Å². The zero-order valence-electron chi connectivity index (χ0n) is 6.05. The van der Waals surface area contributed by atoms with Gasteiger partial charge in [-0.05, 0) is 0 Å². The zero-order chi connectivity index (χ0) is 6.36. The Labute approximate surface area is 112 Å². The van der Waals surface area contributed by atoms with E-state index in [2.05, 4.69) is 0 Å². The Morgan fingerprint density at radius 3 is 1.45 bits per heavy atom. The number of hydrogen-bond acceptors (Lipinski definition) is 0. The Morgan fingerprint density at radius 2 is 1.00 bits per heavy atom. The number of hydrogen-bond donors (Lipinski definition) is 0. The van der Waals surface area contributed by atoms with Crippen LogP contribution in [0.1, 0.15) is 0 Å². The molecule has 0 aliphatic carbocycles. The predicted molar refractivity (Wildman–Crippen MR) is 42.3 cm³/mol. The smallest absolute Gasteiger partial charge is 0.117 e. The van der Waals surface area contributed by atoms with E-state index in [1.54, 1.807) is 0 Å². The van der Waals surface area contributed by atoms with Crippen molar-refractivity contribution in [2.45, 2.75) is 0 Å². The molecule has 0 aromatic rings. The molecule has 0 bridgehead atoms. The van der Waals surface area contributed by atoms with Crippen molar-refractivity contribution in [3.63, 3.8) is 0 Å². The van der Waals surface area contributed by atoms with Crippen LogP contribution in [0.25, 0.3) is 0 Å². The van der Waals surface area contributed by atoms with E-state index < -0.39 is 0 Å². The molecular formula is C8H8BFeNd. The first-order valence-corrected chi connectivity index (χ1v) is 3.00. The molecule has 0 aromatic carbocycles. The molecule has 0 saturated heterocycles. The molecule has 0 atom stereocenters. The Morgan fingerprint density at radius 1 is 0.636 bits per heavy atom. The Kier molecular flexibility index (Phi) is 14.3. The summed E-state index contributed by atoms with van der Waals surface area (Å²) in [6.07, 6.45) is 12.0. The summed E-state index contributed by atoms with van der Waals surface area (Å²) >= 11 is 0. The molecule has 55 valence electrons. The normalized spacial score (nSPS) is 13.1. The molecule has 0 unspecified atom stereocenters. The van der Waals surface area contributed by atoms with Crippen molar-refractivity contribution in [3.05, 3.63) is 48.4 Å². The van der Waals surface area contributed by atoms with Crippen molar-refractivity contribution < 1.29 is 57.9 Å². The van der Waals surface area contributed by atoms with E-state index in [1.165, 1.54) is 0 Å². The first-order valence-electron chi connectivity index (χ1n) is 3.00. The second-order valence-electron chi connectivity index (χ2n) is 1.73. The van der Waals surface area contributed by atoms with E-state index in [1.807, 2.05) is 55.7 Å². The van der Waals surface area contributed by atoms with Crippen molar-refractivity contribution in [2.75, 3.05) is 0 Å². The molecule has 0 nitrogen and oxygen atoms in total. The van der Waals surface area contributed by atoms with Crippen molar-refractivity contribution in [2.24, 2.45) is 0 Å². The summed E-state index contributed by atoms with van der Waals surface area (Å²) in [7, 11) is 2.00. The molecule has 11 heavy (non-hydrogen) atoms. The molecule has 0 spiro atoms. The first-order chi connectivity index (χ1) is 4.50. The Balaban J connectivity index is 0. The summed E-state index contributed by atoms with van der Waals surface area (Å²) < 4.78 is 0. The summed E-state index contributed by atoms with van der Waals surface area (Å²) in [4.78, 5) is 0. The average molecular weight is 315 g/mol. The van der Waals surface area contributed by atoms with Crippen molar-refractivity contribution in [3.8, 4) is 0 Å². The van der Waals surface area contributed by atoms with Crippen LogP contribution in [0.2, 0.25) is 0 Å². The van der Waals surface area contributed by atoms with Gasteiger partial charge in [-0.1, -0.05) is 36.5 Å². The third-order valence-electron chi connectivity index (χ3n) is 1.00. The summed E-state index contributed by atoms with van der Waals surface area (Å²) in [5.41, 5.74) is 0. The first kappa shape index (κ1) is 14.4. The van der Waals surface area contributed by atoms with Gasteiger partial charge in [-0.3, -0.25) is 0 Å². The Hall–Kier alpha value is 0.895. The monoisotopic (exact) mass is 313 g/mol. The predicted octanol–water partition coefficient (Wildman–Crippen LogP) is 1.84. The molecule has 0 N–H and O–H groups in total. The van der Waals surface area contributed by atoms with Gasteiger partial charge >= 0.3 is 0 Å². The van der Waals surface area contributed by atoms with Gasteiger partial charge in [0.15, 0.2) is 7.28 Å². The van der Waals surface area contributed by atoms with Crippen LogP contribution in [-0.2, 0) is 17.1 Å². The van der Waals surface area contributed by atoms with Crippen LogP contribution in [0, 0.1) is 40.8 Å². The average Bonchev–Trinajstić information content (AvgIpc) is 2.00. The van der Waals surface area contributed by atoms with E-state index in [0.717, 1.165) is 0 Å². The standard InChI is InChI=1S/C8H8B.Fe.Nd/c1-2-4-6-8-9-7-5-3-1;;/h1-8H;;. The maximum atomic E-state index is 2.00. The maximum absolute atomic E-state index is 2.00. The van der Waals surface area contributed by atoms with E-state index in [9.17, 15) is 0 Å². The zero-order valence-corrected chi connectivity index (χ0v) is 10.4. The summed E-state index contributed by atoms with van der Waals surface area (Å²) in [5.74, 6) is 4.00. The minimum atomic E-state index is 0. The third kappa shape index (κ3) is 8.80. The van der Waals surface area contributed by atoms with Crippen LogP contribution in [-0.4, -0.2) is 7.28 Å². The van der Waals surface area contributed by atoms with Gasteiger partial charge in [0.05, 0.1) is 0 Å². The summed E-state index contributed by atoms with van der Waals surface area (Å²) in [6, 6.07) is 0. The third-order valence-corrected chi connectivity index (χ3v) is 1.00. The molecule has 0 saturated carbocycles. The fraction of sp³-hybridized carbons (Fsp3) is 0. The molecule has 1 rings (SSSR count). The molecule has 1 heterocycles. The van der Waals surface area contributed by atoms with Crippen molar-refractivity contribution in [1.29, 1.82) is 0 Å². The molecule has 3 heteroatoms. The number of allylic oxidation sites excluding steroid dienone is 6. The van der Waals surface area contributed by atoms with Crippen molar-refractivity contribution in [1.82, 2.24) is 0 Å². The van der Waals surface area contributed by atoms with Crippen molar-refractivity contribution >= 4 is 7.28 Å². The van der Waals surface area contributed by atoms with Crippen LogP contribution < -0.4 is 0 Å². The van der Waals surface area contributed by atoms with Gasteiger partial charge in [0.2, 0.25) is 0 Å². The van der Waals surface area contributed by atoms with Crippen LogP contribution >= 0.6 is 0 Å². The molecule has 0 aromatic heterocycles. The van der Waals surface area contributed by atoms with Gasteiger partial charge in [-0.25, -0.2) is 0 Å². The fourth-order valence-corrected chi connectivity index (χ4v) is 0.577. The van der Waals surface area contributed by atoms with E-state index in [4.69, 9.17) is 0 Å². The molecule has 1 aliphatic rings. The molecule has 0 fully saturated rings. The maximum Gasteiger partial charge on any atom is 0.171 e. The largest absolute Gasteiger partial charge is 0.171 e. The second kappa shape index (κ2) is 10.9. The fourth-order valence-electron chi connectivity index (χ4n) is 0.577. The van der Waals surface area contributed by atoms with E-state index in [0.29, 0.717) is 0 Å². The van der Waals surface area contributed by atoms with Crippen LogP contribution in [0.15, 0.2) is 48.4 Å². The molecule has 1 aliphatic heterocycles. The minimum absolute atomic E-state index is 0. The second-order valence-corrected chi connectivity index (χ2v) is 1.73. The SMILES string of the molecule is [B]1C=CC=CC=CC=C1.[Fe].[Nd]. The van der Waals surface area contributed by atoms with Gasteiger partial charge in [0, 0.05) is 57.9 Å². The summed E-state index contributed by atoms with van der Waals surface area (Å²) in [5, 5.41) is 0. The number of rotatable bonds is 0. The van der Waals surface area contributed by atoms with E-state index >= 15 is 0 Å². The van der Waals surface area contributed by atoms with Gasteiger partial charge in [0.1, 0.15) is 0 Å². The van der Waals surface area contributed by atoms with Gasteiger partial charge in [0.25, 0.3) is 0 Å². The van der Waals surface area contributed by atoms with Gasteiger partial charge in [-0.15, -0.1) is 12.0 Å². The molecule has 0 amide bonds. The van der Waals surface area contributed by atoms with Crippen LogP contribution in [0.4, 0.5) is 0 Å². The molecular weight excluding hydrogens is 307 g/mol.